The molecule has 1 aromatic carbocycles. The molecular weight excluding hydrogens is 460 g/mol. The van der Waals surface area contributed by atoms with E-state index >= 15 is 0 Å². The second-order valence-electron chi connectivity index (χ2n) is 8.80. The van der Waals surface area contributed by atoms with Gasteiger partial charge in [-0.15, -0.1) is 0 Å². The van der Waals surface area contributed by atoms with Gasteiger partial charge in [-0.1, -0.05) is 18.2 Å². The van der Waals surface area contributed by atoms with Gasteiger partial charge in [-0.25, -0.2) is 8.42 Å². The molecule has 2 aliphatic rings. The number of nitrogens with one attached hydrogen (secondary N) is 1. The van der Waals surface area contributed by atoms with Crippen molar-refractivity contribution in [1.29, 1.82) is 0 Å². The first-order valence-electron chi connectivity index (χ1n) is 11.7. The van der Waals surface area contributed by atoms with Gasteiger partial charge >= 0.3 is 0 Å². The van der Waals surface area contributed by atoms with Crippen molar-refractivity contribution in [3.63, 3.8) is 0 Å². The summed E-state index contributed by atoms with van der Waals surface area (Å²) in [6.45, 7) is 5.52. The van der Waals surface area contributed by atoms with Crippen LogP contribution < -0.4 is 4.72 Å². The number of hydrogen-bond acceptors (Lipinski definition) is 6. The quantitative estimate of drug-likeness (QED) is 0.559. The van der Waals surface area contributed by atoms with Crippen molar-refractivity contribution in [2.24, 2.45) is 0 Å². The maximum atomic E-state index is 13.2. The summed E-state index contributed by atoms with van der Waals surface area (Å²) in [4.78, 5) is 31.9. The Morgan fingerprint density at radius 3 is 2.42 bits per heavy atom. The third-order valence-corrected chi connectivity index (χ3v) is 8.56. The summed E-state index contributed by atoms with van der Waals surface area (Å²) in [6.07, 6.45) is 5.67. The summed E-state index contributed by atoms with van der Waals surface area (Å²) in [6, 6.07) is 7.63. The van der Waals surface area contributed by atoms with Crippen LogP contribution in [0.5, 0.6) is 0 Å². The lowest BCUT2D eigenvalue weighted by molar-refractivity contribution is -0.137. The van der Waals surface area contributed by atoms with Crippen LogP contribution in [-0.2, 0) is 19.6 Å². The minimum Gasteiger partial charge on any atom is -0.339 e. The Bertz CT molecular complexity index is 889. The fourth-order valence-electron chi connectivity index (χ4n) is 4.42. The Kier molecular flexibility index (Phi) is 9.60. The van der Waals surface area contributed by atoms with Gasteiger partial charge in [0.25, 0.3) is 0 Å². The molecule has 2 unspecified atom stereocenters. The summed E-state index contributed by atoms with van der Waals surface area (Å²) in [5.41, 5.74) is 0. The number of carbonyl (C=O) groups is 2. The van der Waals surface area contributed by atoms with Gasteiger partial charge in [-0.3, -0.25) is 14.5 Å². The number of benzene rings is 1. The van der Waals surface area contributed by atoms with Crippen molar-refractivity contribution in [2.75, 3.05) is 51.3 Å². The van der Waals surface area contributed by atoms with Crippen LogP contribution in [0.4, 0.5) is 0 Å². The average molecular weight is 497 g/mol. The predicted molar refractivity (Wildman–Crippen MR) is 132 cm³/mol. The smallest absolute Gasteiger partial charge is 0.241 e. The van der Waals surface area contributed by atoms with Crippen LogP contribution >= 0.6 is 11.8 Å². The van der Waals surface area contributed by atoms with E-state index in [0.717, 1.165) is 19.4 Å². The van der Waals surface area contributed by atoms with Crippen LogP contribution in [0.1, 0.15) is 32.6 Å². The highest BCUT2D eigenvalue weighted by molar-refractivity contribution is 7.98. The number of sulfonamides is 1. The van der Waals surface area contributed by atoms with Crippen molar-refractivity contribution in [1.82, 2.24) is 19.4 Å². The number of piperazine rings is 1. The number of thioether (sulfide) groups is 1. The average Bonchev–Trinajstić information content (AvgIpc) is 2.82. The lowest BCUT2D eigenvalue weighted by Crippen LogP contribution is -2.56. The summed E-state index contributed by atoms with van der Waals surface area (Å²) in [5, 5.41) is 0. The Morgan fingerprint density at radius 1 is 1.09 bits per heavy atom. The van der Waals surface area contributed by atoms with Crippen LogP contribution in [-0.4, -0.2) is 98.3 Å². The predicted octanol–water partition coefficient (Wildman–Crippen LogP) is 1.63. The van der Waals surface area contributed by atoms with Crippen molar-refractivity contribution in [3.8, 4) is 0 Å². The molecule has 10 heteroatoms. The van der Waals surface area contributed by atoms with E-state index in [2.05, 4.69) is 16.5 Å². The zero-order valence-electron chi connectivity index (χ0n) is 19.6. The van der Waals surface area contributed by atoms with Gasteiger partial charge in [0.1, 0.15) is 6.04 Å². The molecule has 0 saturated carbocycles. The van der Waals surface area contributed by atoms with E-state index in [-0.39, 0.29) is 16.7 Å². The van der Waals surface area contributed by atoms with E-state index in [1.807, 2.05) is 11.2 Å². The molecule has 0 aliphatic carbocycles. The van der Waals surface area contributed by atoms with Crippen molar-refractivity contribution >= 4 is 33.6 Å². The molecule has 2 heterocycles. The second kappa shape index (κ2) is 12.2. The normalized spacial score (nSPS) is 21.1. The molecule has 1 N–H and O–H groups in total. The number of hydrogen-bond donors (Lipinski definition) is 1. The third-order valence-electron chi connectivity index (χ3n) is 6.43. The molecule has 0 aromatic heterocycles. The van der Waals surface area contributed by atoms with Crippen molar-refractivity contribution < 1.29 is 18.0 Å². The largest absolute Gasteiger partial charge is 0.339 e. The second-order valence-corrected chi connectivity index (χ2v) is 11.5. The van der Waals surface area contributed by atoms with Crippen LogP contribution in [0.15, 0.2) is 35.2 Å². The molecule has 184 valence electrons. The Labute approximate surface area is 202 Å². The van der Waals surface area contributed by atoms with Gasteiger partial charge in [0.05, 0.1) is 11.4 Å². The number of carbonyl (C=O) groups excluding carboxylic acids is 2. The topological polar surface area (TPSA) is 90.0 Å². The monoisotopic (exact) mass is 496 g/mol. The lowest BCUT2D eigenvalue weighted by atomic mass is 10.0. The number of nitrogens with zero attached hydrogens (tertiary/aromatic N) is 3. The first kappa shape index (κ1) is 26.0. The fourth-order valence-corrected chi connectivity index (χ4v) is 6.14. The summed E-state index contributed by atoms with van der Waals surface area (Å²) in [5.74, 6) is 0.644. The molecule has 1 aromatic rings. The molecule has 0 bridgehead atoms. The van der Waals surface area contributed by atoms with Crippen LogP contribution in [0, 0.1) is 0 Å². The van der Waals surface area contributed by atoms with E-state index in [1.54, 1.807) is 34.9 Å². The number of amides is 2. The molecule has 33 heavy (non-hydrogen) atoms. The maximum absolute atomic E-state index is 13.2. The Hall–Kier alpha value is -1.62. The van der Waals surface area contributed by atoms with E-state index in [9.17, 15) is 18.0 Å². The van der Waals surface area contributed by atoms with Crippen LogP contribution in [0.25, 0.3) is 0 Å². The molecule has 2 atom stereocenters. The van der Waals surface area contributed by atoms with Gasteiger partial charge in [0.15, 0.2) is 0 Å². The number of piperidine rings is 1. The highest BCUT2D eigenvalue weighted by atomic mass is 32.2. The maximum Gasteiger partial charge on any atom is 0.241 e. The Morgan fingerprint density at radius 2 is 1.79 bits per heavy atom. The minimum absolute atomic E-state index is 0.155. The van der Waals surface area contributed by atoms with Gasteiger partial charge < -0.3 is 9.80 Å². The van der Waals surface area contributed by atoms with Crippen molar-refractivity contribution in [3.05, 3.63) is 30.3 Å². The minimum atomic E-state index is -3.79. The first-order valence-corrected chi connectivity index (χ1v) is 14.6. The van der Waals surface area contributed by atoms with Gasteiger partial charge in [-0.05, 0) is 56.7 Å². The molecular formula is C23H36N4O4S2. The zero-order valence-corrected chi connectivity index (χ0v) is 21.2. The standard InChI is InChI=1S/C23H36N4O4S2/c1-19-8-6-7-12-27(19)22(28)18-25-13-15-26(16-14-25)23(29)21(11-17-32-2)24-33(30,31)20-9-4-3-5-10-20/h3-5,9-10,19,21,24H,6-8,11-18H2,1-2H3. The van der Waals surface area contributed by atoms with Crippen LogP contribution in [0.3, 0.4) is 0 Å². The third kappa shape index (κ3) is 7.18. The number of likely N-dealkylation sites (tertiary alicyclic amines) is 1. The summed E-state index contributed by atoms with van der Waals surface area (Å²) in [7, 11) is -3.79. The fraction of sp³-hybridized carbons (Fsp3) is 0.652. The summed E-state index contributed by atoms with van der Waals surface area (Å²) >= 11 is 1.58. The molecule has 2 fully saturated rings. The Balaban J connectivity index is 1.56. The van der Waals surface area contributed by atoms with Gasteiger partial charge in [-0.2, -0.15) is 16.5 Å². The molecule has 3 rings (SSSR count). The molecule has 0 radical (unpaired) electrons. The SMILES string of the molecule is CSCCC(NS(=O)(=O)c1ccccc1)C(=O)N1CCN(CC(=O)N2CCCCC2C)CC1. The molecule has 2 aliphatic heterocycles. The van der Waals surface area contributed by atoms with E-state index in [4.69, 9.17) is 0 Å². The van der Waals surface area contributed by atoms with E-state index < -0.39 is 16.1 Å². The zero-order chi connectivity index (χ0) is 23.8. The molecule has 2 saturated heterocycles. The van der Waals surface area contributed by atoms with Crippen LogP contribution in [0.2, 0.25) is 0 Å². The lowest BCUT2D eigenvalue weighted by Gasteiger charge is -2.38. The first-order chi connectivity index (χ1) is 15.8. The van der Waals surface area contributed by atoms with Gasteiger partial charge in [0, 0.05) is 38.8 Å². The molecule has 8 nitrogen and oxygen atoms in total. The number of rotatable bonds is 9. The molecule has 0 spiro atoms. The van der Waals surface area contributed by atoms with Crippen molar-refractivity contribution in [2.45, 2.75) is 49.6 Å². The van der Waals surface area contributed by atoms with E-state index in [1.165, 1.54) is 18.6 Å². The molecule has 2 amide bonds. The van der Waals surface area contributed by atoms with E-state index in [0.29, 0.717) is 50.9 Å². The summed E-state index contributed by atoms with van der Waals surface area (Å²) < 4.78 is 28.2. The highest BCUT2D eigenvalue weighted by Crippen LogP contribution is 2.17. The highest BCUT2D eigenvalue weighted by Gasteiger charge is 2.32. The van der Waals surface area contributed by atoms with Gasteiger partial charge in [0.2, 0.25) is 21.8 Å².